The molecule has 0 bridgehead atoms. The van der Waals surface area contributed by atoms with Crippen LogP contribution in [0.15, 0.2) is 24.3 Å². The summed E-state index contributed by atoms with van der Waals surface area (Å²) in [5.41, 5.74) is 0. The van der Waals surface area contributed by atoms with Crippen molar-refractivity contribution < 1.29 is 9.47 Å². The fourth-order valence-corrected chi connectivity index (χ4v) is 2.41. The van der Waals surface area contributed by atoms with Crippen LogP contribution in [0.3, 0.4) is 0 Å². The van der Waals surface area contributed by atoms with Crippen LogP contribution in [0.25, 0.3) is 0 Å². The van der Waals surface area contributed by atoms with E-state index in [1.165, 1.54) is 12.8 Å². The van der Waals surface area contributed by atoms with Crippen molar-refractivity contribution in [2.75, 3.05) is 13.7 Å². The molecule has 1 aromatic rings. The number of hydrogen-bond donors (Lipinski definition) is 1. The van der Waals surface area contributed by atoms with Crippen molar-refractivity contribution in [1.29, 1.82) is 0 Å². The van der Waals surface area contributed by atoms with E-state index < -0.39 is 0 Å². The van der Waals surface area contributed by atoms with Crippen LogP contribution >= 0.6 is 0 Å². The second-order valence-electron chi connectivity index (χ2n) is 4.80. The fraction of sp³-hybridized carbons (Fsp3) is 0.600. The first-order chi connectivity index (χ1) is 8.83. The summed E-state index contributed by atoms with van der Waals surface area (Å²) >= 11 is 0. The molecule has 0 saturated heterocycles. The minimum absolute atomic E-state index is 0.303. The molecule has 1 fully saturated rings. The summed E-state index contributed by atoms with van der Waals surface area (Å²) < 4.78 is 11.6. The molecule has 3 heteroatoms. The molecule has 0 aromatic heterocycles. The normalized spacial score (nSPS) is 23.0. The molecule has 1 saturated carbocycles. The third-order valence-electron chi connectivity index (χ3n) is 3.41. The van der Waals surface area contributed by atoms with Gasteiger partial charge in [-0.2, -0.15) is 0 Å². The average Bonchev–Trinajstić information content (AvgIpc) is 2.85. The van der Waals surface area contributed by atoms with Gasteiger partial charge >= 0.3 is 0 Å². The zero-order chi connectivity index (χ0) is 12.8. The van der Waals surface area contributed by atoms with Gasteiger partial charge in [-0.25, -0.2) is 0 Å². The van der Waals surface area contributed by atoms with Gasteiger partial charge in [0.2, 0.25) is 0 Å². The maximum Gasteiger partial charge on any atom is 0.120 e. The van der Waals surface area contributed by atoms with Gasteiger partial charge in [-0.05, 0) is 57.0 Å². The second-order valence-corrected chi connectivity index (χ2v) is 4.80. The smallest absolute Gasteiger partial charge is 0.120 e. The van der Waals surface area contributed by atoms with Gasteiger partial charge in [-0.3, -0.25) is 0 Å². The van der Waals surface area contributed by atoms with Gasteiger partial charge in [0.15, 0.2) is 0 Å². The molecule has 1 aromatic carbocycles. The predicted octanol–water partition coefficient (Wildman–Crippen LogP) is 2.99. The maximum absolute atomic E-state index is 6.02. The summed E-state index contributed by atoms with van der Waals surface area (Å²) in [6.45, 7) is 2.88. The lowest BCUT2D eigenvalue weighted by Crippen LogP contribution is -2.36. The SMILES string of the molecule is CCCOc1ccc(OC2CCCC2NC)cc1. The lowest BCUT2D eigenvalue weighted by Gasteiger charge is -2.20. The van der Waals surface area contributed by atoms with Crippen molar-refractivity contribution in [3.05, 3.63) is 24.3 Å². The number of benzene rings is 1. The molecule has 0 radical (unpaired) electrons. The van der Waals surface area contributed by atoms with E-state index in [1.54, 1.807) is 0 Å². The highest BCUT2D eigenvalue weighted by molar-refractivity contribution is 5.31. The standard InChI is InChI=1S/C15H23NO2/c1-3-11-17-12-7-9-13(10-8-12)18-15-6-4-5-14(15)16-2/h7-10,14-16H,3-6,11H2,1-2H3. The van der Waals surface area contributed by atoms with E-state index >= 15 is 0 Å². The minimum Gasteiger partial charge on any atom is -0.494 e. The number of nitrogens with one attached hydrogen (secondary N) is 1. The van der Waals surface area contributed by atoms with Gasteiger partial charge in [0.1, 0.15) is 17.6 Å². The summed E-state index contributed by atoms with van der Waals surface area (Å²) in [6.07, 6.45) is 4.92. The highest BCUT2D eigenvalue weighted by Gasteiger charge is 2.27. The van der Waals surface area contributed by atoms with E-state index in [1.807, 2.05) is 31.3 Å². The van der Waals surface area contributed by atoms with Gasteiger partial charge in [0, 0.05) is 6.04 Å². The zero-order valence-electron chi connectivity index (χ0n) is 11.3. The Kier molecular flexibility index (Phi) is 4.88. The van der Waals surface area contributed by atoms with Crippen LogP contribution in [0.4, 0.5) is 0 Å². The summed E-state index contributed by atoms with van der Waals surface area (Å²) in [6, 6.07) is 8.44. The Labute approximate surface area is 109 Å². The quantitative estimate of drug-likeness (QED) is 0.840. The Morgan fingerprint density at radius 3 is 2.56 bits per heavy atom. The monoisotopic (exact) mass is 249 g/mol. The van der Waals surface area contributed by atoms with Gasteiger partial charge in [-0.15, -0.1) is 0 Å². The number of likely N-dealkylation sites (N-methyl/N-ethyl adjacent to an activating group) is 1. The number of rotatable bonds is 6. The summed E-state index contributed by atoms with van der Waals surface area (Å²) in [5.74, 6) is 1.85. The predicted molar refractivity (Wildman–Crippen MR) is 73.3 cm³/mol. The Hall–Kier alpha value is -1.22. The molecule has 100 valence electrons. The van der Waals surface area contributed by atoms with E-state index in [4.69, 9.17) is 9.47 Å². The van der Waals surface area contributed by atoms with Crippen LogP contribution in [-0.2, 0) is 0 Å². The molecule has 3 nitrogen and oxygen atoms in total. The summed E-state index contributed by atoms with van der Waals surface area (Å²) in [5, 5.41) is 3.32. The molecule has 1 aliphatic rings. The van der Waals surface area contributed by atoms with Crippen molar-refractivity contribution in [2.45, 2.75) is 44.8 Å². The first-order valence-corrected chi connectivity index (χ1v) is 6.90. The molecule has 0 amide bonds. The molecule has 1 aliphatic carbocycles. The van der Waals surface area contributed by atoms with Crippen LogP contribution < -0.4 is 14.8 Å². The van der Waals surface area contributed by atoms with Gasteiger partial charge in [0.25, 0.3) is 0 Å². The molecule has 1 N–H and O–H groups in total. The Bertz CT molecular complexity index is 350. The van der Waals surface area contributed by atoms with Crippen molar-refractivity contribution in [3.8, 4) is 11.5 Å². The van der Waals surface area contributed by atoms with E-state index in [-0.39, 0.29) is 0 Å². The number of ether oxygens (including phenoxy) is 2. The summed E-state index contributed by atoms with van der Waals surface area (Å²) in [7, 11) is 2.01. The molecule has 0 spiro atoms. The second kappa shape index (κ2) is 6.64. The third-order valence-corrected chi connectivity index (χ3v) is 3.41. The largest absolute Gasteiger partial charge is 0.494 e. The lowest BCUT2D eigenvalue weighted by atomic mass is 10.2. The highest BCUT2D eigenvalue weighted by atomic mass is 16.5. The highest BCUT2D eigenvalue weighted by Crippen LogP contribution is 2.26. The van der Waals surface area contributed by atoms with Crippen LogP contribution in [0.1, 0.15) is 32.6 Å². The molecule has 2 unspecified atom stereocenters. The van der Waals surface area contributed by atoms with Crippen LogP contribution in [-0.4, -0.2) is 25.8 Å². The van der Waals surface area contributed by atoms with Crippen molar-refractivity contribution in [2.24, 2.45) is 0 Å². The maximum atomic E-state index is 6.02. The van der Waals surface area contributed by atoms with Crippen LogP contribution in [0.5, 0.6) is 11.5 Å². The van der Waals surface area contributed by atoms with E-state index in [2.05, 4.69) is 12.2 Å². The van der Waals surface area contributed by atoms with Crippen molar-refractivity contribution in [1.82, 2.24) is 5.32 Å². The van der Waals surface area contributed by atoms with E-state index in [0.717, 1.165) is 30.9 Å². The van der Waals surface area contributed by atoms with E-state index in [9.17, 15) is 0 Å². The van der Waals surface area contributed by atoms with Crippen molar-refractivity contribution in [3.63, 3.8) is 0 Å². The average molecular weight is 249 g/mol. The summed E-state index contributed by atoms with van der Waals surface area (Å²) in [4.78, 5) is 0. The van der Waals surface area contributed by atoms with Gasteiger partial charge in [0.05, 0.1) is 6.61 Å². The molecular weight excluding hydrogens is 226 g/mol. The molecule has 2 rings (SSSR count). The van der Waals surface area contributed by atoms with Gasteiger partial charge in [-0.1, -0.05) is 6.92 Å². The fourth-order valence-electron chi connectivity index (χ4n) is 2.41. The Morgan fingerprint density at radius 2 is 1.89 bits per heavy atom. The van der Waals surface area contributed by atoms with Crippen LogP contribution in [0.2, 0.25) is 0 Å². The first kappa shape index (κ1) is 13.2. The molecule has 2 atom stereocenters. The Balaban J connectivity index is 1.89. The zero-order valence-corrected chi connectivity index (χ0v) is 11.3. The topological polar surface area (TPSA) is 30.5 Å². The van der Waals surface area contributed by atoms with Gasteiger partial charge < -0.3 is 14.8 Å². The molecule has 0 aliphatic heterocycles. The number of hydrogen-bond acceptors (Lipinski definition) is 3. The van der Waals surface area contributed by atoms with E-state index in [0.29, 0.717) is 12.1 Å². The molecular formula is C15H23NO2. The Morgan fingerprint density at radius 1 is 1.17 bits per heavy atom. The van der Waals surface area contributed by atoms with Crippen molar-refractivity contribution >= 4 is 0 Å². The third kappa shape index (κ3) is 3.39. The minimum atomic E-state index is 0.303. The first-order valence-electron chi connectivity index (χ1n) is 6.90. The molecule has 18 heavy (non-hydrogen) atoms. The lowest BCUT2D eigenvalue weighted by molar-refractivity contribution is 0.178. The van der Waals surface area contributed by atoms with Crippen LogP contribution in [0, 0.1) is 0 Å². The molecule has 0 heterocycles.